The number of aliphatic carboxylic acids is 1. The van der Waals surface area contributed by atoms with Crippen LogP contribution in [0.15, 0.2) is 30.3 Å². The van der Waals surface area contributed by atoms with E-state index in [2.05, 4.69) is 5.32 Å². The first-order chi connectivity index (χ1) is 9.09. The summed E-state index contributed by atoms with van der Waals surface area (Å²) >= 11 is 5.15. The molecule has 2 atom stereocenters. The van der Waals surface area contributed by atoms with Gasteiger partial charge in [0.05, 0.1) is 12.0 Å². The first kappa shape index (κ1) is 13.8. The average Bonchev–Trinajstić information content (AvgIpc) is 2.79. The molecule has 19 heavy (non-hydrogen) atoms. The van der Waals surface area contributed by atoms with Gasteiger partial charge in [0, 0.05) is 6.54 Å². The van der Waals surface area contributed by atoms with E-state index >= 15 is 0 Å². The van der Waals surface area contributed by atoms with Crippen molar-refractivity contribution in [2.75, 3.05) is 0 Å². The number of aliphatic hydroxyl groups excluding tert-OH is 1. The van der Waals surface area contributed by atoms with Crippen LogP contribution in [0.25, 0.3) is 0 Å². The second kappa shape index (κ2) is 5.99. The summed E-state index contributed by atoms with van der Waals surface area (Å²) in [6, 6.07) is 8.76. The molecule has 6 heteroatoms. The van der Waals surface area contributed by atoms with Crippen molar-refractivity contribution in [2.45, 2.75) is 31.7 Å². The molecule has 0 aromatic heterocycles. The smallest absolute Gasteiger partial charge is 0.171 e. The van der Waals surface area contributed by atoms with Crippen molar-refractivity contribution in [3.05, 3.63) is 35.9 Å². The third-order valence-corrected chi connectivity index (χ3v) is 3.50. The summed E-state index contributed by atoms with van der Waals surface area (Å²) in [6.45, 7) is 0.489. The van der Waals surface area contributed by atoms with Crippen molar-refractivity contribution in [2.24, 2.45) is 0 Å². The number of thiocarbonyl (C=S) groups is 1. The van der Waals surface area contributed by atoms with Gasteiger partial charge in [-0.25, -0.2) is 0 Å². The SMILES string of the molecule is O=C([O-])[C@@H]1CC[C@@H](O)N1C(=S)NCc1ccccc1. The molecule has 0 radical (unpaired) electrons. The minimum atomic E-state index is -1.21. The van der Waals surface area contributed by atoms with E-state index in [1.807, 2.05) is 30.3 Å². The standard InChI is InChI=1S/C13H16N2O3S/c16-11-7-6-10(12(17)18)15(11)13(19)14-8-9-4-2-1-3-5-9/h1-5,10-11,16H,6-8H2,(H,14,19)(H,17,18)/p-1/t10-,11+/m0/s1. The fourth-order valence-corrected chi connectivity index (χ4v) is 2.49. The van der Waals surface area contributed by atoms with Crippen LogP contribution < -0.4 is 10.4 Å². The molecule has 1 fully saturated rings. The predicted octanol–water partition coefficient (Wildman–Crippen LogP) is -0.406. The van der Waals surface area contributed by atoms with Gasteiger partial charge < -0.3 is 25.2 Å². The molecule has 0 aliphatic carbocycles. The van der Waals surface area contributed by atoms with E-state index in [0.29, 0.717) is 19.4 Å². The Morgan fingerprint density at radius 2 is 2.11 bits per heavy atom. The zero-order valence-electron chi connectivity index (χ0n) is 10.3. The maximum absolute atomic E-state index is 11.0. The first-order valence-electron chi connectivity index (χ1n) is 6.08. The maximum atomic E-state index is 11.0. The quantitative estimate of drug-likeness (QED) is 0.733. The summed E-state index contributed by atoms with van der Waals surface area (Å²) in [6.07, 6.45) is -0.138. The highest BCUT2D eigenvalue weighted by Gasteiger charge is 2.34. The number of aliphatic hydroxyl groups is 1. The van der Waals surface area contributed by atoms with Crippen molar-refractivity contribution in [1.82, 2.24) is 10.2 Å². The third-order valence-electron chi connectivity index (χ3n) is 3.15. The molecule has 5 nitrogen and oxygen atoms in total. The molecule has 0 amide bonds. The van der Waals surface area contributed by atoms with Gasteiger partial charge in [0.1, 0.15) is 6.23 Å². The van der Waals surface area contributed by atoms with Gasteiger partial charge >= 0.3 is 0 Å². The van der Waals surface area contributed by atoms with Crippen LogP contribution in [-0.4, -0.2) is 33.4 Å². The molecule has 0 bridgehead atoms. The third kappa shape index (κ3) is 3.21. The number of carboxylic acid groups (broad SMARTS) is 1. The average molecular weight is 279 g/mol. The summed E-state index contributed by atoms with van der Waals surface area (Å²) in [5.74, 6) is -1.21. The summed E-state index contributed by atoms with van der Waals surface area (Å²) in [4.78, 5) is 12.3. The lowest BCUT2D eigenvalue weighted by molar-refractivity contribution is -0.310. The molecule has 2 rings (SSSR count). The minimum Gasteiger partial charge on any atom is -0.548 e. The number of hydrogen-bond acceptors (Lipinski definition) is 4. The topological polar surface area (TPSA) is 75.6 Å². The molecule has 1 aromatic rings. The molecule has 2 N–H and O–H groups in total. The van der Waals surface area contributed by atoms with Gasteiger partial charge in [-0.15, -0.1) is 0 Å². The van der Waals surface area contributed by atoms with E-state index in [1.54, 1.807) is 0 Å². The summed E-state index contributed by atoms with van der Waals surface area (Å²) in [7, 11) is 0. The Hall–Kier alpha value is -1.66. The van der Waals surface area contributed by atoms with Crippen LogP contribution in [0.3, 0.4) is 0 Å². The molecule has 102 valence electrons. The van der Waals surface area contributed by atoms with E-state index < -0.39 is 18.2 Å². The first-order valence-corrected chi connectivity index (χ1v) is 6.49. The van der Waals surface area contributed by atoms with Gasteiger partial charge in [-0.3, -0.25) is 0 Å². The van der Waals surface area contributed by atoms with Crippen LogP contribution >= 0.6 is 12.2 Å². The van der Waals surface area contributed by atoms with Gasteiger partial charge in [0.15, 0.2) is 5.11 Å². The number of nitrogens with one attached hydrogen (secondary N) is 1. The van der Waals surface area contributed by atoms with Crippen LogP contribution in [0.5, 0.6) is 0 Å². The summed E-state index contributed by atoms with van der Waals surface area (Å²) < 4.78 is 0. The normalized spacial score (nSPS) is 22.3. The van der Waals surface area contributed by atoms with Crippen molar-refractivity contribution in [3.8, 4) is 0 Å². The minimum absolute atomic E-state index is 0.239. The Morgan fingerprint density at radius 3 is 2.74 bits per heavy atom. The number of carboxylic acids is 1. The van der Waals surface area contributed by atoms with Crippen molar-refractivity contribution in [1.29, 1.82) is 0 Å². The van der Waals surface area contributed by atoms with Crippen molar-refractivity contribution in [3.63, 3.8) is 0 Å². The monoisotopic (exact) mass is 279 g/mol. The Bertz CT molecular complexity index is 466. The molecule has 1 aliphatic heterocycles. The number of benzene rings is 1. The molecule has 1 heterocycles. The van der Waals surface area contributed by atoms with Gasteiger partial charge in [-0.1, -0.05) is 30.3 Å². The molecule has 0 saturated carbocycles. The van der Waals surface area contributed by atoms with Gasteiger partial charge in [-0.05, 0) is 30.6 Å². The zero-order valence-corrected chi connectivity index (χ0v) is 11.1. The van der Waals surface area contributed by atoms with Crippen molar-refractivity contribution >= 4 is 23.3 Å². The van der Waals surface area contributed by atoms with E-state index in [9.17, 15) is 15.0 Å². The lowest BCUT2D eigenvalue weighted by Gasteiger charge is -2.30. The molecular weight excluding hydrogens is 264 g/mol. The number of rotatable bonds is 3. The number of carbonyl (C=O) groups excluding carboxylic acids is 1. The maximum Gasteiger partial charge on any atom is 0.171 e. The van der Waals surface area contributed by atoms with Gasteiger partial charge in [0.2, 0.25) is 0 Å². The van der Waals surface area contributed by atoms with Gasteiger partial charge in [0.25, 0.3) is 0 Å². The highest BCUT2D eigenvalue weighted by atomic mass is 32.1. The second-order valence-electron chi connectivity index (χ2n) is 4.44. The van der Waals surface area contributed by atoms with Crippen LogP contribution in [-0.2, 0) is 11.3 Å². The highest BCUT2D eigenvalue weighted by molar-refractivity contribution is 7.80. The lowest BCUT2D eigenvalue weighted by Crippen LogP contribution is -2.52. The Balaban J connectivity index is 1.97. The largest absolute Gasteiger partial charge is 0.548 e. The number of likely N-dealkylation sites (tertiary alicyclic amines) is 1. The fourth-order valence-electron chi connectivity index (χ4n) is 2.17. The predicted molar refractivity (Wildman–Crippen MR) is 71.8 cm³/mol. The Morgan fingerprint density at radius 1 is 1.42 bits per heavy atom. The van der Waals surface area contributed by atoms with E-state index in [1.165, 1.54) is 4.90 Å². The molecule has 1 aliphatic rings. The van der Waals surface area contributed by atoms with E-state index in [0.717, 1.165) is 5.56 Å². The van der Waals surface area contributed by atoms with E-state index in [4.69, 9.17) is 12.2 Å². The number of carbonyl (C=O) groups is 1. The molecule has 0 spiro atoms. The highest BCUT2D eigenvalue weighted by Crippen LogP contribution is 2.22. The number of nitrogens with zero attached hydrogens (tertiary/aromatic N) is 1. The fraction of sp³-hybridized carbons (Fsp3) is 0.385. The van der Waals surface area contributed by atoms with Crippen LogP contribution in [0.2, 0.25) is 0 Å². The van der Waals surface area contributed by atoms with Crippen LogP contribution in [0.1, 0.15) is 18.4 Å². The zero-order chi connectivity index (χ0) is 13.8. The molecular formula is C13H15N2O3S-. The summed E-state index contributed by atoms with van der Waals surface area (Å²) in [5.41, 5.74) is 1.03. The number of hydrogen-bond donors (Lipinski definition) is 2. The summed E-state index contributed by atoms with van der Waals surface area (Å²) in [5, 5.41) is 24.0. The Kier molecular flexibility index (Phi) is 4.34. The second-order valence-corrected chi connectivity index (χ2v) is 4.83. The van der Waals surface area contributed by atoms with Crippen molar-refractivity contribution < 1.29 is 15.0 Å². The molecule has 0 unspecified atom stereocenters. The van der Waals surface area contributed by atoms with Crippen LogP contribution in [0, 0.1) is 0 Å². The molecule has 1 saturated heterocycles. The van der Waals surface area contributed by atoms with Gasteiger partial charge in [-0.2, -0.15) is 0 Å². The van der Waals surface area contributed by atoms with E-state index in [-0.39, 0.29) is 5.11 Å². The lowest BCUT2D eigenvalue weighted by atomic mass is 10.2. The Labute approximate surface area is 116 Å². The van der Waals surface area contributed by atoms with Crippen LogP contribution in [0.4, 0.5) is 0 Å². The molecule has 1 aromatic carbocycles.